The van der Waals surface area contributed by atoms with Gasteiger partial charge < -0.3 is 9.88 Å². The van der Waals surface area contributed by atoms with Gasteiger partial charge in [-0.15, -0.1) is 0 Å². The number of aromatic nitrogens is 2. The molecule has 0 spiro atoms. The molecule has 2 heterocycles. The van der Waals surface area contributed by atoms with Gasteiger partial charge in [-0.1, -0.05) is 12.1 Å². The summed E-state index contributed by atoms with van der Waals surface area (Å²) in [6, 6.07) is 15.6. The van der Waals surface area contributed by atoms with E-state index in [0.29, 0.717) is 17.0 Å². The molecule has 0 bridgehead atoms. The van der Waals surface area contributed by atoms with Gasteiger partial charge in [-0.05, 0) is 67.9 Å². The summed E-state index contributed by atoms with van der Waals surface area (Å²) in [4.78, 5) is 43.2. The van der Waals surface area contributed by atoms with E-state index in [4.69, 9.17) is 0 Å². The molecule has 0 fully saturated rings. The smallest absolute Gasteiger partial charge is 0.244 e. The lowest BCUT2D eigenvalue weighted by atomic mass is 10.0. The van der Waals surface area contributed by atoms with Crippen LogP contribution in [-0.2, 0) is 11.3 Å². The minimum absolute atomic E-state index is 0.113. The molecule has 160 valence electrons. The monoisotopic (exact) mass is 429 g/mol. The zero-order chi connectivity index (χ0) is 22.8. The molecule has 6 nitrogen and oxygen atoms in total. The summed E-state index contributed by atoms with van der Waals surface area (Å²) in [5.74, 6) is -1.36. The largest absolute Gasteiger partial charge is 0.325 e. The van der Waals surface area contributed by atoms with E-state index >= 15 is 0 Å². The van der Waals surface area contributed by atoms with Crippen LogP contribution in [0.15, 0.2) is 71.7 Å². The Labute approximate surface area is 183 Å². The summed E-state index contributed by atoms with van der Waals surface area (Å²) in [6.07, 6.45) is 1.35. The second kappa shape index (κ2) is 8.55. The normalized spacial score (nSPS) is 10.8. The molecule has 0 unspecified atom stereocenters. The molecule has 0 saturated carbocycles. The molecule has 4 aromatic rings. The average Bonchev–Trinajstić information content (AvgIpc) is 2.75. The van der Waals surface area contributed by atoms with Crippen LogP contribution >= 0.6 is 0 Å². The van der Waals surface area contributed by atoms with Gasteiger partial charge in [0.1, 0.15) is 18.0 Å². The molecule has 32 heavy (non-hydrogen) atoms. The summed E-state index contributed by atoms with van der Waals surface area (Å²) in [5, 5.41) is 3.05. The third-order valence-corrected chi connectivity index (χ3v) is 5.03. The zero-order valence-electron chi connectivity index (χ0n) is 17.6. The van der Waals surface area contributed by atoms with Crippen molar-refractivity contribution in [3.63, 3.8) is 0 Å². The first kappa shape index (κ1) is 21.1. The number of fused-ring (bicyclic) bond motifs is 1. The van der Waals surface area contributed by atoms with E-state index in [1.54, 1.807) is 25.1 Å². The summed E-state index contributed by atoms with van der Waals surface area (Å²) in [5.41, 5.74) is 2.20. The highest BCUT2D eigenvalue weighted by Gasteiger charge is 2.19. The predicted molar refractivity (Wildman–Crippen MR) is 120 cm³/mol. The van der Waals surface area contributed by atoms with Crippen LogP contribution in [-0.4, -0.2) is 21.2 Å². The number of nitrogens with one attached hydrogen (secondary N) is 1. The number of benzene rings is 2. The van der Waals surface area contributed by atoms with Crippen molar-refractivity contribution in [2.24, 2.45) is 0 Å². The van der Waals surface area contributed by atoms with Crippen LogP contribution in [0.1, 0.15) is 27.2 Å². The molecule has 1 amide bonds. The van der Waals surface area contributed by atoms with Gasteiger partial charge in [-0.25, -0.2) is 9.37 Å². The fourth-order valence-corrected chi connectivity index (χ4v) is 3.48. The van der Waals surface area contributed by atoms with E-state index in [1.165, 1.54) is 22.9 Å². The first-order chi connectivity index (χ1) is 15.3. The van der Waals surface area contributed by atoms with E-state index in [0.717, 1.165) is 17.7 Å². The van der Waals surface area contributed by atoms with Crippen molar-refractivity contribution in [1.82, 2.24) is 9.55 Å². The number of hydrogen-bond donors (Lipinski definition) is 1. The fraction of sp³-hybridized carbons (Fsp3) is 0.120. The Morgan fingerprint density at radius 2 is 1.78 bits per heavy atom. The van der Waals surface area contributed by atoms with Crippen molar-refractivity contribution in [3.05, 3.63) is 105 Å². The molecule has 7 heteroatoms. The number of carbonyl (C=O) groups excluding carboxylic acids is 2. The number of ketones is 1. The van der Waals surface area contributed by atoms with Gasteiger partial charge in [0.2, 0.25) is 11.3 Å². The quantitative estimate of drug-likeness (QED) is 0.486. The van der Waals surface area contributed by atoms with E-state index in [-0.39, 0.29) is 29.0 Å². The van der Waals surface area contributed by atoms with Gasteiger partial charge in [-0.3, -0.25) is 14.4 Å². The molecule has 1 N–H and O–H groups in total. The molecular weight excluding hydrogens is 409 g/mol. The number of aryl methyl sites for hydroxylation is 2. The van der Waals surface area contributed by atoms with E-state index < -0.39 is 17.0 Å². The van der Waals surface area contributed by atoms with Crippen molar-refractivity contribution in [2.75, 3.05) is 5.32 Å². The van der Waals surface area contributed by atoms with Crippen LogP contribution in [0.3, 0.4) is 0 Å². The Morgan fingerprint density at radius 1 is 1.03 bits per heavy atom. The predicted octanol–water partition coefficient (Wildman–Crippen LogP) is 4.02. The lowest BCUT2D eigenvalue weighted by Crippen LogP contribution is -2.25. The third-order valence-electron chi connectivity index (χ3n) is 5.03. The van der Waals surface area contributed by atoms with Gasteiger partial charge in [0.15, 0.2) is 5.78 Å². The Hall–Kier alpha value is -4.13. The van der Waals surface area contributed by atoms with Gasteiger partial charge in [0.25, 0.3) is 0 Å². The zero-order valence-corrected chi connectivity index (χ0v) is 17.6. The molecule has 0 radical (unpaired) electrons. The number of hydrogen-bond acceptors (Lipinski definition) is 4. The summed E-state index contributed by atoms with van der Waals surface area (Å²) >= 11 is 0. The molecular formula is C25H20FN3O3. The van der Waals surface area contributed by atoms with Crippen LogP contribution in [0.2, 0.25) is 0 Å². The first-order valence-electron chi connectivity index (χ1n) is 9.99. The molecule has 2 aromatic carbocycles. The molecule has 0 saturated heterocycles. The number of pyridine rings is 2. The maximum absolute atomic E-state index is 13.3. The van der Waals surface area contributed by atoms with Gasteiger partial charge in [-0.2, -0.15) is 0 Å². The van der Waals surface area contributed by atoms with E-state index in [9.17, 15) is 18.8 Å². The fourth-order valence-electron chi connectivity index (χ4n) is 3.48. The molecule has 0 aliphatic heterocycles. The SMILES string of the molecule is Cc1cccc(NC(=O)Cn2cc(C(=O)c3ccc(F)cc3)c(=O)c3ccc(C)nc32)c1. The Balaban J connectivity index is 1.76. The summed E-state index contributed by atoms with van der Waals surface area (Å²) in [7, 11) is 0. The summed E-state index contributed by atoms with van der Waals surface area (Å²) in [6.45, 7) is 3.55. The average molecular weight is 429 g/mol. The molecule has 0 aliphatic rings. The van der Waals surface area contributed by atoms with Crippen molar-refractivity contribution in [3.8, 4) is 0 Å². The second-order valence-corrected chi connectivity index (χ2v) is 7.58. The van der Waals surface area contributed by atoms with Crippen molar-refractivity contribution < 1.29 is 14.0 Å². The van der Waals surface area contributed by atoms with Crippen LogP contribution in [0.25, 0.3) is 11.0 Å². The van der Waals surface area contributed by atoms with Gasteiger partial charge in [0.05, 0.1) is 10.9 Å². The number of rotatable bonds is 5. The lowest BCUT2D eigenvalue weighted by Gasteiger charge is -2.13. The number of carbonyl (C=O) groups is 2. The molecule has 4 rings (SSSR count). The molecule has 0 aliphatic carbocycles. The molecule has 0 atom stereocenters. The number of amides is 1. The van der Waals surface area contributed by atoms with Crippen molar-refractivity contribution in [2.45, 2.75) is 20.4 Å². The van der Waals surface area contributed by atoms with Gasteiger partial charge in [0, 0.05) is 23.1 Å². The Kier molecular flexibility index (Phi) is 5.64. The third kappa shape index (κ3) is 4.32. The minimum atomic E-state index is -0.551. The standard InChI is InChI=1S/C25H20FN3O3/c1-15-4-3-5-19(12-15)28-22(30)14-29-13-21(23(31)17-7-9-18(26)10-8-17)24(32)20-11-6-16(2)27-25(20)29/h3-13H,14H2,1-2H3,(H,28,30). The number of halogens is 1. The lowest BCUT2D eigenvalue weighted by molar-refractivity contribution is -0.116. The Morgan fingerprint density at radius 3 is 2.50 bits per heavy atom. The van der Waals surface area contributed by atoms with Crippen molar-refractivity contribution in [1.29, 1.82) is 0 Å². The first-order valence-corrected chi connectivity index (χ1v) is 9.99. The van der Waals surface area contributed by atoms with Gasteiger partial charge >= 0.3 is 0 Å². The van der Waals surface area contributed by atoms with Crippen LogP contribution in [0, 0.1) is 19.7 Å². The maximum atomic E-state index is 13.3. The number of anilines is 1. The number of nitrogens with zero attached hydrogens (tertiary/aromatic N) is 2. The maximum Gasteiger partial charge on any atom is 0.244 e. The highest BCUT2D eigenvalue weighted by atomic mass is 19.1. The van der Waals surface area contributed by atoms with E-state index in [1.807, 2.05) is 25.1 Å². The topological polar surface area (TPSA) is 81.1 Å². The molecule has 2 aromatic heterocycles. The summed E-state index contributed by atoms with van der Waals surface area (Å²) < 4.78 is 14.8. The van der Waals surface area contributed by atoms with Crippen LogP contribution in [0.4, 0.5) is 10.1 Å². The highest BCUT2D eigenvalue weighted by Crippen LogP contribution is 2.15. The van der Waals surface area contributed by atoms with E-state index in [2.05, 4.69) is 10.3 Å². The van der Waals surface area contributed by atoms with Crippen molar-refractivity contribution >= 4 is 28.4 Å². The van der Waals surface area contributed by atoms with Crippen LogP contribution < -0.4 is 10.7 Å². The van der Waals surface area contributed by atoms with Crippen LogP contribution in [0.5, 0.6) is 0 Å². The highest BCUT2D eigenvalue weighted by molar-refractivity contribution is 6.10. The minimum Gasteiger partial charge on any atom is -0.325 e. The Bertz CT molecular complexity index is 1410. The second-order valence-electron chi connectivity index (χ2n) is 7.58.